The van der Waals surface area contributed by atoms with Gasteiger partial charge in [-0.15, -0.1) is 0 Å². The molecule has 1 saturated heterocycles. The molecule has 3 heteroatoms. The number of aromatic nitrogens is 1. The SMILES string of the molecule is CCCC1(CCC)CN(c2ccc(I)cn2)C1. The van der Waals surface area contributed by atoms with Gasteiger partial charge in [-0.1, -0.05) is 26.7 Å². The number of hydrogen-bond acceptors (Lipinski definition) is 2. The fourth-order valence-corrected chi connectivity index (χ4v) is 3.30. The molecule has 94 valence electrons. The molecule has 0 bridgehead atoms. The summed E-state index contributed by atoms with van der Waals surface area (Å²) in [5.74, 6) is 1.15. The van der Waals surface area contributed by atoms with Crippen LogP contribution < -0.4 is 4.90 Å². The van der Waals surface area contributed by atoms with Crippen molar-refractivity contribution in [2.24, 2.45) is 5.41 Å². The summed E-state index contributed by atoms with van der Waals surface area (Å²) in [6.45, 7) is 6.98. The largest absolute Gasteiger partial charge is 0.355 e. The summed E-state index contributed by atoms with van der Waals surface area (Å²) in [4.78, 5) is 6.92. The summed E-state index contributed by atoms with van der Waals surface area (Å²) in [5, 5.41) is 0. The smallest absolute Gasteiger partial charge is 0.128 e. The van der Waals surface area contributed by atoms with Gasteiger partial charge in [0.2, 0.25) is 0 Å². The van der Waals surface area contributed by atoms with Crippen LogP contribution in [0.3, 0.4) is 0 Å². The molecule has 2 rings (SSSR count). The Morgan fingerprint density at radius 3 is 2.35 bits per heavy atom. The molecule has 0 radical (unpaired) electrons. The third-order valence-corrected chi connectivity index (χ3v) is 4.29. The van der Waals surface area contributed by atoms with Crippen LogP contribution in [0.15, 0.2) is 18.3 Å². The zero-order valence-electron chi connectivity index (χ0n) is 10.7. The van der Waals surface area contributed by atoms with Crippen molar-refractivity contribution in [1.29, 1.82) is 0 Å². The molecule has 0 saturated carbocycles. The topological polar surface area (TPSA) is 16.1 Å². The van der Waals surface area contributed by atoms with Crippen LogP contribution in [-0.2, 0) is 0 Å². The molecule has 0 atom stereocenters. The minimum atomic E-state index is 0.578. The maximum absolute atomic E-state index is 4.50. The highest BCUT2D eigenvalue weighted by atomic mass is 127. The van der Waals surface area contributed by atoms with E-state index in [0.29, 0.717) is 5.41 Å². The summed E-state index contributed by atoms with van der Waals surface area (Å²) in [7, 11) is 0. The number of rotatable bonds is 5. The van der Waals surface area contributed by atoms with E-state index < -0.39 is 0 Å². The maximum Gasteiger partial charge on any atom is 0.128 e. The van der Waals surface area contributed by atoms with Gasteiger partial charge in [0.1, 0.15) is 5.82 Å². The normalized spacial score (nSPS) is 17.9. The van der Waals surface area contributed by atoms with E-state index in [9.17, 15) is 0 Å². The van der Waals surface area contributed by atoms with E-state index in [4.69, 9.17) is 0 Å². The first-order valence-electron chi connectivity index (χ1n) is 6.55. The zero-order valence-corrected chi connectivity index (χ0v) is 12.9. The quantitative estimate of drug-likeness (QED) is 0.748. The molecule has 0 aliphatic carbocycles. The van der Waals surface area contributed by atoms with Crippen LogP contribution in [0.1, 0.15) is 39.5 Å². The van der Waals surface area contributed by atoms with Gasteiger partial charge in [0.15, 0.2) is 0 Å². The lowest BCUT2D eigenvalue weighted by Crippen LogP contribution is -2.56. The Kier molecular flexibility index (Phi) is 4.28. The van der Waals surface area contributed by atoms with E-state index >= 15 is 0 Å². The Labute approximate surface area is 118 Å². The first-order valence-corrected chi connectivity index (χ1v) is 7.63. The van der Waals surface area contributed by atoms with E-state index in [1.165, 1.54) is 42.3 Å². The molecule has 0 aromatic carbocycles. The third-order valence-electron chi connectivity index (χ3n) is 3.65. The van der Waals surface area contributed by atoms with Gasteiger partial charge in [-0.05, 0) is 47.6 Å². The van der Waals surface area contributed by atoms with Gasteiger partial charge < -0.3 is 4.90 Å². The van der Waals surface area contributed by atoms with Crippen molar-refractivity contribution >= 4 is 28.4 Å². The molecule has 1 aromatic rings. The van der Waals surface area contributed by atoms with Gasteiger partial charge in [0.25, 0.3) is 0 Å². The fraction of sp³-hybridized carbons (Fsp3) is 0.643. The number of pyridine rings is 1. The van der Waals surface area contributed by atoms with E-state index in [-0.39, 0.29) is 0 Å². The van der Waals surface area contributed by atoms with Crippen molar-refractivity contribution in [1.82, 2.24) is 4.98 Å². The van der Waals surface area contributed by atoms with E-state index in [1.54, 1.807) is 0 Å². The molecular weight excluding hydrogens is 323 g/mol. The first kappa shape index (κ1) is 13.1. The minimum absolute atomic E-state index is 0.578. The molecule has 1 fully saturated rings. The molecule has 0 amide bonds. The van der Waals surface area contributed by atoms with Crippen LogP contribution in [0.25, 0.3) is 0 Å². The molecule has 0 spiro atoms. The predicted molar refractivity (Wildman–Crippen MR) is 81.4 cm³/mol. The molecule has 2 nitrogen and oxygen atoms in total. The van der Waals surface area contributed by atoms with Crippen molar-refractivity contribution in [2.45, 2.75) is 39.5 Å². The van der Waals surface area contributed by atoms with Crippen LogP contribution in [0.2, 0.25) is 0 Å². The molecule has 17 heavy (non-hydrogen) atoms. The van der Waals surface area contributed by atoms with Crippen molar-refractivity contribution in [2.75, 3.05) is 18.0 Å². The molecule has 1 aromatic heterocycles. The number of hydrogen-bond donors (Lipinski definition) is 0. The Hall–Kier alpha value is -0.320. The maximum atomic E-state index is 4.50. The average Bonchev–Trinajstić information content (AvgIpc) is 2.27. The fourth-order valence-electron chi connectivity index (χ4n) is 2.98. The summed E-state index contributed by atoms with van der Waals surface area (Å²) < 4.78 is 1.21. The predicted octanol–water partition coefficient (Wildman–Crippen LogP) is 4.09. The van der Waals surface area contributed by atoms with Crippen LogP contribution in [0, 0.1) is 8.99 Å². The van der Waals surface area contributed by atoms with Crippen LogP contribution in [-0.4, -0.2) is 18.1 Å². The average molecular weight is 344 g/mol. The lowest BCUT2D eigenvalue weighted by molar-refractivity contribution is 0.172. The van der Waals surface area contributed by atoms with Crippen LogP contribution >= 0.6 is 22.6 Å². The lowest BCUT2D eigenvalue weighted by Gasteiger charge is -2.51. The minimum Gasteiger partial charge on any atom is -0.355 e. The second-order valence-corrected chi connectivity index (χ2v) is 6.44. The van der Waals surface area contributed by atoms with Gasteiger partial charge in [0, 0.05) is 28.3 Å². The third kappa shape index (κ3) is 2.92. The standard InChI is InChI=1S/C14H21IN2/c1-3-7-14(8-4-2)10-17(11-14)13-6-5-12(15)9-16-13/h5-6,9H,3-4,7-8,10-11H2,1-2H3. The summed E-state index contributed by atoms with van der Waals surface area (Å²) >= 11 is 2.30. The van der Waals surface area contributed by atoms with Crippen molar-refractivity contribution in [3.05, 3.63) is 21.9 Å². The number of halogens is 1. The molecule has 1 aliphatic heterocycles. The Morgan fingerprint density at radius 2 is 1.88 bits per heavy atom. The van der Waals surface area contributed by atoms with Gasteiger partial charge >= 0.3 is 0 Å². The van der Waals surface area contributed by atoms with Crippen molar-refractivity contribution in [3.8, 4) is 0 Å². The second-order valence-electron chi connectivity index (χ2n) is 5.19. The Bertz CT molecular complexity index is 347. The molecular formula is C14H21IN2. The summed E-state index contributed by atoms with van der Waals surface area (Å²) in [5.41, 5.74) is 0.578. The first-order chi connectivity index (χ1) is 8.19. The van der Waals surface area contributed by atoms with Gasteiger partial charge in [-0.25, -0.2) is 4.98 Å². The van der Waals surface area contributed by atoms with Crippen LogP contribution in [0.5, 0.6) is 0 Å². The van der Waals surface area contributed by atoms with Gasteiger partial charge in [-0.3, -0.25) is 0 Å². The lowest BCUT2D eigenvalue weighted by atomic mass is 9.72. The highest BCUT2D eigenvalue weighted by Gasteiger charge is 2.41. The zero-order chi connectivity index (χ0) is 12.3. The monoisotopic (exact) mass is 344 g/mol. The van der Waals surface area contributed by atoms with Crippen LogP contribution in [0.4, 0.5) is 5.82 Å². The number of anilines is 1. The van der Waals surface area contributed by atoms with E-state index in [0.717, 1.165) is 5.82 Å². The molecule has 0 unspecified atom stereocenters. The van der Waals surface area contributed by atoms with Gasteiger partial charge in [-0.2, -0.15) is 0 Å². The van der Waals surface area contributed by atoms with E-state index in [1.807, 2.05) is 6.20 Å². The van der Waals surface area contributed by atoms with E-state index in [2.05, 4.69) is 58.5 Å². The highest BCUT2D eigenvalue weighted by molar-refractivity contribution is 14.1. The second kappa shape index (κ2) is 5.55. The summed E-state index contributed by atoms with van der Waals surface area (Å²) in [6.07, 6.45) is 7.28. The van der Waals surface area contributed by atoms with Gasteiger partial charge in [0.05, 0.1) is 0 Å². The van der Waals surface area contributed by atoms with Crippen molar-refractivity contribution in [3.63, 3.8) is 0 Å². The highest BCUT2D eigenvalue weighted by Crippen LogP contribution is 2.41. The molecule has 2 heterocycles. The Balaban J connectivity index is 1.98. The summed E-state index contributed by atoms with van der Waals surface area (Å²) in [6, 6.07) is 4.28. The molecule has 0 N–H and O–H groups in total. The Morgan fingerprint density at radius 1 is 1.24 bits per heavy atom. The molecule has 1 aliphatic rings. The number of nitrogens with zero attached hydrogens (tertiary/aromatic N) is 2. The van der Waals surface area contributed by atoms with Crippen molar-refractivity contribution < 1.29 is 0 Å².